The van der Waals surface area contributed by atoms with E-state index in [0.717, 1.165) is 19.3 Å². The Morgan fingerprint density at radius 2 is 1.33 bits per heavy atom. The Balaban J connectivity index is 1.71. The van der Waals surface area contributed by atoms with Crippen LogP contribution in [0.4, 0.5) is 0 Å². The molecule has 0 N–H and O–H groups in total. The van der Waals surface area contributed by atoms with E-state index in [1.165, 1.54) is 12.9 Å². The number of sulfonamides is 1. The van der Waals surface area contributed by atoms with Gasteiger partial charge < -0.3 is 4.74 Å². The fourth-order valence-corrected chi connectivity index (χ4v) is 7.41. The summed E-state index contributed by atoms with van der Waals surface area (Å²) >= 11 is 0. The first-order chi connectivity index (χ1) is 11.4. The molecule has 3 fully saturated rings. The number of rotatable bonds is 4. The molecule has 0 aromatic carbocycles. The topological polar surface area (TPSA) is 87.2 Å². The molecule has 0 aromatic rings. The lowest BCUT2D eigenvalue weighted by Gasteiger charge is -2.38. The van der Waals surface area contributed by atoms with E-state index in [4.69, 9.17) is 4.74 Å². The fourth-order valence-electron chi connectivity index (χ4n) is 3.63. The van der Waals surface area contributed by atoms with E-state index in [0.29, 0.717) is 58.8 Å². The van der Waals surface area contributed by atoms with E-state index in [2.05, 4.69) is 0 Å². The van der Waals surface area contributed by atoms with Crippen molar-refractivity contribution in [1.29, 1.82) is 0 Å². The third-order valence-corrected chi connectivity index (χ3v) is 9.37. The van der Waals surface area contributed by atoms with Gasteiger partial charge in [-0.2, -0.15) is 21.3 Å². The first-order valence-electron chi connectivity index (χ1n) is 8.74. The van der Waals surface area contributed by atoms with Crippen LogP contribution in [0.3, 0.4) is 0 Å². The van der Waals surface area contributed by atoms with Gasteiger partial charge in [-0.05, 0) is 25.7 Å². The summed E-state index contributed by atoms with van der Waals surface area (Å²) in [5.74, 6) is 0. The summed E-state index contributed by atoms with van der Waals surface area (Å²) in [5, 5.41) is -0.649. The molecule has 0 amide bonds. The summed E-state index contributed by atoms with van der Waals surface area (Å²) in [6.45, 7) is 3.09. The Morgan fingerprint density at radius 1 is 0.708 bits per heavy atom. The van der Waals surface area contributed by atoms with Gasteiger partial charge >= 0.3 is 0 Å². The van der Waals surface area contributed by atoms with Crippen molar-refractivity contribution in [2.75, 3.05) is 52.5 Å². The maximum absolute atomic E-state index is 12.8. The molecule has 24 heavy (non-hydrogen) atoms. The number of piperidine rings is 2. The summed E-state index contributed by atoms with van der Waals surface area (Å²) in [6.07, 6.45) is 3.91. The van der Waals surface area contributed by atoms with Crippen molar-refractivity contribution in [3.8, 4) is 0 Å². The second kappa shape index (κ2) is 7.55. The van der Waals surface area contributed by atoms with Crippen molar-refractivity contribution < 1.29 is 21.6 Å². The van der Waals surface area contributed by atoms with Gasteiger partial charge in [0.05, 0.1) is 18.5 Å². The Kier molecular flexibility index (Phi) is 5.83. The minimum Gasteiger partial charge on any atom is -0.379 e. The zero-order chi connectivity index (χ0) is 17.2. The normalized spacial score (nSPS) is 29.6. The van der Waals surface area contributed by atoms with Gasteiger partial charge in [0.15, 0.2) is 0 Å². The van der Waals surface area contributed by atoms with E-state index in [1.807, 2.05) is 0 Å². The van der Waals surface area contributed by atoms with Gasteiger partial charge in [0, 0.05) is 39.3 Å². The van der Waals surface area contributed by atoms with Crippen LogP contribution in [-0.4, -0.2) is 87.5 Å². The van der Waals surface area contributed by atoms with Crippen molar-refractivity contribution >= 4 is 20.2 Å². The highest BCUT2D eigenvalue weighted by Gasteiger charge is 2.40. The first kappa shape index (κ1) is 18.5. The molecule has 0 bridgehead atoms. The monoisotopic (exact) mass is 381 g/mol. The fraction of sp³-hybridized carbons (Fsp3) is 1.00. The third kappa shape index (κ3) is 3.78. The Labute approximate surface area is 145 Å². The van der Waals surface area contributed by atoms with Crippen molar-refractivity contribution in [2.45, 2.75) is 37.4 Å². The predicted molar refractivity (Wildman–Crippen MR) is 90.3 cm³/mol. The lowest BCUT2D eigenvalue weighted by atomic mass is 10.2. The zero-order valence-electron chi connectivity index (χ0n) is 14.0. The molecule has 3 aliphatic heterocycles. The van der Waals surface area contributed by atoms with E-state index in [9.17, 15) is 16.8 Å². The SMILES string of the molecule is O=S(=O)(C1CCCN(S(=O)(=O)N2CCCCC2)C1)N1CCOCC1. The van der Waals surface area contributed by atoms with Crippen LogP contribution in [0, 0.1) is 0 Å². The first-order valence-corrected chi connectivity index (χ1v) is 11.6. The number of ether oxygens (including phenoxy) is 1. The summed E-state index contributed by atoms with van der Waals surface area (Å²) in [7, 11) is -7.03. The van der Waals surface area contributed by atoms with E-state index >= 15 is 0 Å². The average molecular weight is 382 g/mol. The molecule has 1 atom stereocenters. The largest absolute Gasteiger partial charge is 0.379 e. The van der Waals surface area contributed by atoms with Gasteiger partial charge in [-0.15, -0.1) is 0 Å². The van der Waals surface area contributed by atoms with E-state index < -0.39 is 25.5 Å². The Morgan fingerprint density at radius 3 is 2.00 bits per heavy atom. The van der Waals surface area contributed by atoms with Crippen LogP contribution >= 0.6 is 0 Å². The van der Waals surface area contributed by atoms with E-state index in [1.54, 1.807) is 0 Å². The molecular formula is C14H27N3O5S2. The van der Waals surface area contributed by atoms with Gasteiger partial charge in [0.2, 0.25) is 10.0 Å². The number of hydrogen-bond donors (Lipinski definition) is 0. The minimum absolute atomic E-state index is 0.0680. The van der Waals surface area contributed by atoms with E-state index in [-0.39, 0.29) is 6.54 Å². The van der Waals surface area contributed by atoms with Crippen molar-refractivity contribution in [3.05, 3.63) is 0 Å². The molecule has 8 nitrogen and oxygen atoms in total. The van der Waals surface area contributed by atoms with Gasteiger partial charge in [-0.3, -0.25) is 0 Å². The van der Waals surface area contributed by atoms with Crippen molar-refractivity contribution in [3.63, 3.8) is 0 Å². The second-order valence-corrected chi connectivity index (χ2v) is 10.8. The molecule has 10 heteroatoms. The highest BCUT2D eigenvalue weighted by Crippen LogP contribution is 2.25. The summed E-state index contributed by atoms with van der Waals surface area (Å²) in [6, 6.07) is 0. The maximum atomic E-state index is 12.8. The van der Waals surface area contributed by atoms with Gasteiger partial charge in [-0.1, -0.05) is 6.42 Å². The van der Waals surface area contributed by atoms with Crippen LogP contribution in [0.1, 0.15) is 32.1 Å². The lowest BCUT2D eigenvalue weighted by molar-refractivity contribution is 0.0722. The van der Waals surface area contributed by atoms with Crippen LogP contribution in [0.15, 0.2) is 0 Å². The average Bonchev–Trinajstić information content (AvgIpc) is 2.63. The van der Waals surface area contributed by atoms with Crippen LogP contribution in [0.25, 0.3) is 0 Å². The Hall–Kier alpha value is -0.260. The van der Waals surface area contributed by atoms with Crippen LogP contribution in [0.5, 0.6) is 0 Å². The quantitative estimate of drug-likeness (QED) is 0.676. The number of morpholine rings is 1. The van der Waals surface area contributed by atoms with Crippen LogP contribution < -0.4 is 0 Å². The molecule has 0 aliphatic carbocycles. The molecule has 140 valence electrons. The van der Waals surface area contributed by atoms with Gasteiger partial charge in [0.1, 0.15) is 0 Å². The third-order valence-electron chi connectivity index (χ3n) is 5.06. The van der Waals surface area contributed by atoms with Gasteiger partial charge in [-0.25, -0.2) is 8.42 Å². The summed E-state index contributed by atoms with van der Waals surface area (Å²) < 4.78 is 60.8. The molecule has 3 rings (SSSR count). The van der Waals surface area contributed by atoms with Crippen molar-refractivity contribution in [1.82, 2.24) is 12.9 Å². The molecule has 0 saturated carbocycles. The van der Waals surface area contributed by atoms with Crippen LogP contribution in [-0.2, 0) is 25.0 Å². The second-order valence-electron chi connectivity index (χ2n) is 6.65. The summed E-state index contributed by atoms with van der Waals surface area (Å²) in [5.41, 5.74) is 0. The molecule has 3 saturated heterocycles. The van der Waals surface area contributed by atoms with Crippen LogP contribution in [0.2, 0.25) is 0 Å². The highest BCUT2D eigenvalue weighted by molar-refractivity contribution is 7.90. The molecule has 0 radical (unpaired) electrons. The standard InChI is InChI=1S/C14H27N3O5S2/c18-23(19,15-9-11-22-12-10-15)14-5-4-8-17(13-14)24(20,21)16-6-2-1-3-7-16/h14H,1-13H2. The lowest BCUT2D eigenvalue weighted by Crippen LogP contribution is -2.54. The number of nitrogens with zero attached hydrogens (tertiary/aromatic N) is 3. The molecule has 3 heterocycles. The minimum atomic E-state index is -3.55. The Bertz CT molecular complexity index is 571. The molecular weight excluding hydrogens is 354 g/mol. The van der Waals surface area contributed by atoms with Gasteiger partial charge in [0.25, 0.3) is 10.2 Å². The molecule has 0 aromatic heterocycles. The molecule has 3 aliphatic rings. The highest BCUT2D eigenvalue weighted by atomic mass is 32.2. The smallest absolute Gasteiger partial charge is 0.282 e. The maximum Gasteiger partial charge on any atom is 0.282 e. The molecule has 0 spiro atoms. The summed E-state index contributed by atoms with van der Waals surface area (Å²) in [4.78, 5) is 0. The molecule has 1 unspecified atom stereocenters. The van der Waals surface area contributed by atoms with Crippen molar-refractivity contribution in [2.24, 2.45) is 0 Å². The predicted octanol–water partition coefficient (Wildman–Crippen LogP) is -0.156. The zero-order valence-corrected chi connectivity index (χ0v) is 15.6. The number of hydrogen-bond acceptors (Lipinski definition) is 5.